The van der Waals surface area contributed by atoms with Crippen LogP contribution in [0.4, 0.5) is 8.78 Å². The van der Waals surface area contributed by atoms with Crippen molar-refractivity contribution in [1.82, 2.24) is 0 Å². The van der Waals surface area contributed by atoms with Crippen LogP contribution >= 0.6 is 0 Å². The largest absolute Gasteiger partial charge is 0.478 e. The molecule has 0 heterocycles. The Bertz CT molecular complexity index is 685. The molecular weight excluding hydrogens is 362 g/mol. The number of alkyl halides is 2. The molecule has 0 amide bonds. The summed E-state index contributed by atoms with van der Waals surface area (Å²) in [5, 5.41) is 8.65. The second-order valence-electron chi connectivity index (χ2n) is 8.60. The van der Waals surface area contributed by atoms with Gasteiger partial charge in [-0.3, -0.25) is 0 Å². The minimum absolute atomic E-state index is 0.122. The second-order valence-corrected chi connectivity index (χ2v) is 8.60. The molecule has 0 aliphatic heterocycles. The minimum atomic E-state index is -3.19. The van der Waals surface area contributed by atoms with Crippen molar-refractivity contribution >= 4 is 12.0 Å². The van der Waals surface area contributed by atoms with Crippen LogP contribution in [0.5, 0.6) is 5.75 Å². The molecule has 0 spiro atoms. The fourth-order valence-electron chi connectivity index (χ4n) is 4.90. The highest BCUT2D eigenvalue weighted by Crippen LogP contribution is 2.63. The third-order valence-electron chi connectivity index (χ3n) is 6.87. The van der Waals surface area contributed by atoms with Gasteiger partial charge in [0.2, 0.25) is 0 Å². The summed E-state index contributed by atoms with van der Waals surface area (Å²) in [6.45, 7) is 2.19. The van der Waals surface area contributed by atoms with Crippen molar-refractivity contribution < 1.29 is 23.4 Å². The number of rotatable bonds is 9. The molecule has 3 saturated carbocycles. The Morgan fingerprint density at radius 2 is 1.71 bits per heavy atom. The third kappa shape index (κ3) is 4.39. The predicted octanol–water partition coefficient (Wildman–Crippen LogP) is 6.68. The van der Waals surface area contributed by atoms with Crippen molar-refractivity contribution in [3.8, 4) is 5.75 Å². The van der Waals surface area contributed by atoms with Crippen LogP contribution in [0.15, 0.2) is 30.3 Å². The Kier molecular flexibility index (Phi) is 6.11. The van der Waals surface area contributed by atoms with E-state index in [4.69, 9.17) is 9.84 Å². The maximum absolute atomic E-state index is 15.1. The maximum atomic E-state index is 15.1. The first kappa shape index (κ1) is 20.8. The summed E-state index contributed by atoms with van der Waals surface area (Å²) in [6.07, 6.45) is 8.29. The van der Waals surface area contributed by atoms with Crippen molar-refractivity contribution in [3.05, 3.63) is 35.9 Å². The monoisotopic (exact) mass is 392 g/mol. The molecular formula is C23H30F2O3. The lowest BCUT2D eigenvalue weighted by Gasteiger charge is -2.55. The Hall–Kier alpha value is -1.91. The van der Waals surface area contributed by atoms with E-state index >= 15 is 8.78 Å². The Labute approximate surface area is 165 Å². The lowest BCUT2D eigenvalue weighted by atomic mass is 9.52. The van der Waals surface area contributed by atoms with Crippen LogP contribution in [0.2, 0.25) is 0 Å². The summed E-state index contributed by atoms with van der Waals surface area (Å²) in [4.78, 5) is 10.6. The van der Waals surface area contributed by atoms with Crippen LogP contribution in [-0.2, 0) is 4.79 Å². The Balaban J connectivity index is 1.63. The number of unbranched alkanes of at least 4 members (excludes halogenated alkanes) is 2. The van der Waals surface area contributed by atoms with Crippen LogP contribution in [0.3, 0.4) is 0 Å². The zero-order valence-electron chi connectivity index (χ0n) is 16.6. The van der Waals surface area contributed by atoms with Gasteiger partial charge in [0.1, 0.15) is 5.75 Å². The number of aliphatic carboxylic acids is 1. The normalized spacial score (nSPS) is 27.2. The van der Waals surface area contributed by atoms with Gasteiger partial charge in [-0.05, 0) is 74.1 Å². The van der Waals surface area contributed by atoms with Crippen LogP contribution in [0.25, 0.3) is 6.08 Å². The molecule has 3 nitrogen and oxygen atoms in total. The summed E-state index contributed by atoms with van der Waals surface area (Å²) in [6, 6.07) is 6.13. The number of fused-ring (bicyclic) bond motifs is 3. The van der Waals surface area contributed by atoms with E-state index in [0.717, 1.165) is 25.3 Å². The van der Waals surface area contributed by atoms with Gasteiger partial charge in [-0.15, -0.1) is 0 Å². The Morgan fingerprint density at radius 3 is 2.25 bits per heavy atom. The maximum Gasteiger partial charge on any atom is 0.403 e. The Morgan fingerprint density at radius 1 is 1.11 bits per heavy atom. The second kappa shape index (κ2) is 8.22. The molecule has 3 aliphatic carbocycles. The van der Waals surface area contributed by atoms with Crippen molar-refractivity contribution in [1.29, 1.82) is 0 Å². The fraction of sp³-hybridized carbons (Fsp3) is 0.609. The molecule has 1 aromatic rings. The molecule has 5 heteroatoms. The molecule has 0 atom stereocenters. The summed E-state index contributed by atoms with van der Waals surface area (Å²) in [7, 11) is 0. The summed E-state index contributed by atoms with van der Waals surface area (Å²) < 4.78 is 35.5. The first-order valence-corrected chi connectivity index (χ1v) is 10.4. The van der Waals surface area contributed by atoms with Gasteiger partial charge in [-0.2, -0.15) is 8.78 Å². The number of hydrogen-bond donors (Lipinski definition) is 1. The molecule has 3 fully saturated rings. The summed E-state index contributed by atoms with van der Waals surface area (Å²) in [5.74, 6) is -0.927. The van der Waals surface area contributed by atoms with Crippen LogP contribution in [0, 0.1) is 10.8 Å². The number of hydrogen-bond acceptors (Lipinski definition) is 2. The van der Waals surface area contributed by atoms with Gasteiger partial charge in [0.05, 0.1) is 5.41 Å². The highest BCUT2D eigenvalue weighted by Gasteiger charge is 2.62. The van der Waals surface area contributed by atoms with E-state index in [1.54, 1.807) is 12.1 Å². The molecule has 0 aromatic heterocycles. The molecule has 1 aromatic carbocycles. The van der Waals surface area contributed by atoms with Gasteiger partial charge in [-0.1, -0.05) is 38.3 Å². The van der Waals surface area contributed by atoms with Gasteiger partial charge in [0.25, 0.3) is 0 Å². The number of benzene rings is 1. The highest BCUT2D eigenvalue weighted by molar-refractivity contribution is 5.85. The topological polar surface area (TPSA) is 46.5 Å². The molecule has 2 bridgehead atoms. The zero-order valence-corrected chi connectivity index (χ0v) is 16.6. The predicted molar refractivity (Wildman–Crippen MR) is 105 cm³/mol. The molecule has 0 radical (unpaired) electrons. The van der Waals surface area contributed by atoms with Crippen molar-refractivity contribution in [2.75, 3.05) is 0 Å². The lowest BCUT2D eigenvalue weighted by molar-refractivity contribution is -0.289. The number of ether oxygens (including phenoxy) is 1. The number of carbonyl (C=O) groups is 1. The first-order chi connectivity index (χ1) is 13.3. The van der Waals surface area contributed by atoms with E-state index in [0.29, 0.717) is 24.8 Å². The molecule has 3 aliphatic rings. The van der Waals surface area contributed by atoms with Crippen LogP contribution in [0.1, 0.15) is 76.7 Å². The number of halogens is 2. The molecule has 28 heavy (non-hydrogen) atoms. The molecule has 0 unspecified atom stereocenters. The highest BCUT2D eigenvalue weighted by atomic mass is 19.3. The molecule has 1 N–H and O–H groups in total. The summed E-state index contributed by atoms with van der Waals surface area (Å²) >= 11 is 0. The number of carboxylic acid groups (broad SMARTS) is 1. The minimum Gasteiger partial charge on any atom is -0.478 e. The van der Waals surface area contributed by atoms with Crippen LogP contribution < -0.4 is 4.74 Å². The quantitative estimate of drug-likeness (QED) is 0.377. The third-order valence-corrected chi connectivity index (χ3v) is 6.87. The van der Waals surface area contributed by atoms with E-state index in [1.165, 1.54) is 43.9 Å². The van der Waals surface area contributed by atoms with Crippen molar-refractivity contribution in [2.45, 2.75) is 77.2 Å². The van der Waals surface area contributed by atoms with Crippen LogP contribution in [-0.4, -0.2) is 17.2 Å². The first-order valence-electron chi connectivity index (χ1n) is 10.4. The average Bonchev–Trinajstić information content (AvgIpc) is 2.68. The number of carboxylic acids is 1. The standard InChI is InChI=1S/C23H30F2O3/c1-2-3-4-11-21-12-15-22(16-13-21,17-14-21)23(24,25)28-19-8-5-18(6-9-19)7-10-20(26)27/h5-10H,2-4,11-17H2,1H3,(H,26,27). The zero-order chi connectivity index (χ0) is 20.3. The van der Waals surface area contributed by atoms with Gasteiger partial charge in [0.15, 0.2) is 0 Å². The van der Waals surface area contributed by atoms with Gasteiger partial charge in [0, 0.05) is 6.08 Å². The fourth-order valence-corrected chi connectivity index (χ4v) is 4.90. The molecule has 0 saturated heterocycles. The van der Waals surface area contributed by atoms with Gasteiger partial charge in [-0.25, -0.2) is 4.79 Å². The van der Waals surface area contributed by atoms with E-state index in [2.05, 4.69) is 6.92 Å². The summed E-state index contributed by atoms with van der Waals surface area (Å²) in [5.41, 5.74) is -0.143. The van der Waals surface area contributed by atoms with Crippen molar-refractivity contribution in [3.63, 3.8) is 0 Å². The van der Waals surface area contributed by atoms with E-state index in [1.807, 2.05) is 0 Å². The van der Waals surface area contributed by atoms with E-state index in [-0.39, 0.29) is 11.2 Å². The SMILES string of the molecule is CCCCCC12CCC(C(F)(F)Oc3ccc(C=CC(=O)O)cc3)(CC1)CC2. The lowest BCUT2D eigenvalue weighted by Crippen LogP contribution is -2.53. The van der Waals surface area contributed by atoms with Gasteiger partial charge >= 0.3 is 12.1 Å². The van der Waals surface area contributed by atoms with Gasteiger partial charge < -0.3 is 9.84 Å². The van der Waals surface area contributed by atoms with E-state index < -0.39 is 17.5 Å². The molecule has 154 valence electrons. The van der Waals surface area contributed by atoms with Crippen molar-refractivity contribution in [2.24, 2.45) is 10.8 Å². The van der Waals surface area contributed by atoms with E-state index in [9.17, 15) is 4.79 Å². The average molecular weight is 392 g/mol. The molecule has 4 rings (SSSR count). The smallest absolute Gasteiger partial charge is 0.403 e.